The normalized spacial score (nSPS) is 12.7. The third-order valence-corrected chi connectivity index (χ3v) is 4.81. The lowest BCUT2D eigenvalue weighted by Gasteiger charge is -2.20. The van der Waals surface area contributed by atoms with Gasteiger partial charge in [0, 0.05) is 43.2 Å². The van der Waals surface area contributed by atoms with E-state index in [-0.39, 0.29) is 12.4 Å². The number of benzene rings is 1. The lowest BCUT2D eigenvalue weighted by molar-refractivity contribution is 0.100. The molecule has 1 aliphatic rings. The van der Waals surface area contributed by atoms with E-state index in [1.165, 1.54) is 0 Å². The molecule has 29 heavy (non-hydrogen) atoms. The van der Waals surface area contributed by atoms with E-state index in [1.807, 2.05) is 19.2 Å². The number of amides is 1. The van der Waals surface area contributed by atoms with Crippen LogP contribution in [-0.4, -0.2) is 43.7 Å². The van der Waals surface area contributed by atoms with E-state index in [4.69, 9.17) is 15.7 Å². The third kappa shape index (κ3) is 4.52. The summed E-state index contributed by atoms with van der Waals surface area (Å²) < 4.78 is 1.77. The minimum Gasteiger partial charge on any atom is -0.369 e. The first-order chi connectivity index (χ1) is 13.6. The number of nitrogens with zero attached hydrogens (tertiary/aromatic N) is 5. The first-order valence-corrected chi connectivity index (χ1v) is 9.19. The molecule has 0 unspecified atom stereocenters. The average molecular weight is 415 g/mol. The first-order valence-electron chi connectivity index (χ1n) is 9.19. The van der Waals surface area contributed by atoms with Gasteiger partial charge in [-0.05, 0) is 25.1 Å². The molecule has 2 aromatic heterocycles. The molecule has 10 heteroatoms. The zero-order chi connectivity index (χ0) is 19.5. The van der Waals surface area contributed by atoms with Crippen molar-refractivity contribution < 1.29 is 4.79 Å². The maximum absolute atomic E-state index is 11.3. The molecular weight excluding hydrogens is 392 g/mol. The van der Waals surface area contributed by atoms with Crippen molar-refractivity contribution in [1.82, 2.24) is 30.0 Å². The number of aromatic nitrogens is 5. The van der Waals surface area contributed by atoms with Crippen molar-refractivity contribution in [1.29, 1.82) is 0 Å². The van der Waals surface area contributed by atoms with Gasteiger partial charge in [-0.15, -0.1) is 12.4 Å². The number of carbonyl (C=O) groups excluding carboxylic acids is 1. The van der Waals surface area contributed by atoms with Crippen LogP contribution in [0.5, 0.6) is 0 Å². The van der Waals surface area contributed by atoms with E-state index in [1.54, 1.807) is 23.1 Å². The van der Waals surface area contributed by atoms with Crippen LogP contribution in [0, 0.1) is 0 Å². The van der Waals surface area contributed by atoms with Gasteiger partial charge in [-0.1, -0.05) is 12.1 Å². The summed E-state index contributed by atoms with van der Waals surface area (Å²) in [4.78, 5) is 25.0. The molecule has 1 aliphatic heterocycles. The Kier molecular flexibility index (Phi) is 6.40. The zero-order valence-corrected chi connectivity index (χ0v) is 16.9. The highest BCUT2D eigenvalue weighted by Crippen LogP contribution is 2.25. The van der Waals surface area contributed by atoms with Crippen LogP contribution in [0.1, 0.15) is 27.4 Å². The smallest absolute Gasteiger partial charge is 0.248 e. The molecule has 0 spiro atoms. The fraction of sp³-hybridized carbons (Fsp3) is 0.316. The Morgan fingerprint density at radius 1 is 1.28 bits per heavy atom. The second kappa shape index (κ2) is 8.97. The summed E-state index contributed by atoms with van der Waals surface area (Å²) in [5.41, 5.74) is 8.77. The molecule has 1 aromatic carbocycles. The van der Waals surface area contributed by atoms with Crippen LogP contribution in [0.3, 0.4) is 0 Å². The first kappa shape index (κ1) is 20.7. The van der Waals surface area contributed by atoms with E-state index in [0.29, 0.717) is 24.5 Å². The van der Waals surface area contributed by atoms with Crippen molar-refractivity contribution in [3.63, 3.8) is 0 Å². The second-order valence-corrected chi connectivity index (χ2v) is 6.67. The molecule has 152 valence electrons. The van der Waals surface area contributed by atoms with Crippen LogP contribution in [0.15, 0.2) is 30.6 Å². The largest absolute Gasteiger partial charge is 0.369 e. The summed E-state index contributed by atoms with van der Waals surface area (Å²) in [7, 11) is 1.88. The number of halogens is 1. The van der Waals surface area contributed by atoms with Crippen LogP contribution in [0.4, 0.5) is 5.82 Å². The predicted molar refractivity (Wildman–Crippen MR) is 112 cm³/mol. The number of nitrogens with two attached hydrogens (primary N) is 1. The molecule has 0 aliphatic carbocycles. The van der Waals surface area contributed by atoms with E-state index < -0.39 is 5.91 Å². The quantitative estimate of drug-likeness (QED) is 0.551. The van der Waals surface area contributed by atoms with Crippen molar-refractivity contribution in [2.75, 3.05) is 18.4 Å². The standard InChI is InChI=1S/C19H22N8O.ClH/c1-27-16(23-11-24-27)7-9-22-19-14-6-8-21-10-15(14)25-18(26-19)13-4-2-12(3-5-13)17(20)28;/h2-5,11,21H,6-10H2,1H3,(H2,20,28)(H,22,25,26);1H. The fourth-order valence-corrected chi connectivity index (χ4v) is 3.26. The molecular formula is C19H23ClN8O. The predicted octanol–water partition coefficient (Wildman–Crippen LogP) is 1.09. The average Bonchev–Trinajstić information content (AvgIpc) is 3.12. The van der Waals surface area contributed by atoms with Gasteiger partial charge in [0.05, 0.1) is 5.69 Å². The minimum absolute atomic E-state index is 0. The lowest BCUT2D eigenvalue weighted by Crippen LogP contribution is -2.27. The Bertz CT molecular complexity index is 1000. The monoisotopic (exact) mass is 414 g/mol. The Morgan fingerprint density at radius 2 is 2.07 bits per heavy atom. The molecule has 0 saturated heterocycles. The van der Waals surface area contributed by atoms with E-state index in [9.17, 15) is 4.79 Å². The number of carbonyl (C=O) groups is 1. The van der Waals surface area contributed by atoms with Gasteiger partial charge >= 0.3 is 0 Å². The maximum Gasteiger partial charge on any atom is 0.248 e. The Balaban J connectivity index is 0.00000240. The van der Waals surface area contributed by atoms with Gasteiger partial charge in [0.25, 0.3) is 0 Å². The summed E-state index contributed by atoms with van der Waals surface area (Å²) in [5, 5.41) is 10.9. The highest BCUT2D eigenvalue weighted by Gasteiger charge is 2.18. The van der Waals surface area contributed by atoms with Crippen molar-refractivity contribution in [2.24, 2.45) is 12.8 Å². The highest BCUT2D eigenvalue weighted by atomic mass is 35.5. The minimum atomic E-state index is -0.451. The van der Waals surface area contributed by atoms with Crippen molar-refractivity contribution in [2.45, 2.75) is 19.4 Å². The molecule has 9 nitrogen and oxygen atoms in total. The zero-order valence-electron chi connectivity index (χ0n) is 16.1. The summed E-state index contributed by atoms with van der Waals surface area (Å²) in [6.07, 6.45) is 3.18. The number of rotatable bonds is 6. The highest BCUT2D eigenvalue weighted by molar-refractivity contribution is 5.93. The van der Waals surface area contributed by atoms with Gasteiger partial charge in [0.15, 0.2) is 5.82 Å². The van der Waals surface area contributed by atoms with Gasteiger partial charge < -0.3 is 16.4 Å². The lowest BCUT2D eigenvalue weighted by atomic mass is 10.1. The van der Waals surface area contributed by atoms with Gasteiger partial charge in [0.2, 0.25) is 5.91 Å². The summed E-state index contributed by atoms with van der Waals surface area (Å²) in [6.45, 7) is 2.31. The van der Waals surface area contributed by atoms with Crippen LogP contribution in [-0.2, 0) is 26.4 Å². The molecule has 4 rings (SSSR count). The Hall–Kier alpha value is -3.04. The molecule has 4 N–H and O–H groups in total. The van der Waals surface area contributed by atoms with Crippen molar-refractivity contribution in [3.05, 3.63) is 53.2 Å². The fourth-order valence-electron chi connectivity index (χ4n) is 3.26. The SMILES string of the molecule is Cl.Cn1ncnc1CCNc1nc(-c2ccc(C(N)=O)cc2)nc2c1CCNC2. The van der Waals surface area contributed by atoms with Crippen LogP contribution in [0.2, 0.25) is 0 Å². The Morgan fingerprint density at radius 3 is 2.76 bits per heavy atom. The number of hydrogen-bond donors (Lipinski definition) is 3. The van der Waals surface area contributed by atoms with Crippen LogP contribution >= 0.6 is 12.4 Å². The van der Waals surface area contributed by atoms with Gasteiger partial charge in [-0.2, -0.15) is 5.10 Å². The van der Waals surface area contributed by atoms with Gasteiger partial charge in [0.1, 0.15) is 18.0 Å². The van der Waals surface area contributed by atoms with E-state index in [0.717, 1.165) is 47.8 Å². The summed E-state index contributed by atoms with van der Waals surface area (Å²) in [5.74, 6) is 1.94. The summed E-state index contributed by atoms with van der Waals surface area (Å²) in [6, 6.07) is 7.03. The molecule has 0 fully saturated rings. The topological polar surface area (TPSA) is 124 Å². The van der Waals surface area contributed by atoms with Gasteiger partial charge in [-0.25, -0.2) is 15.0 Å². The molecule has 3 heterocycles. The maximum atomic E-state index is 11.3. The second-order valence-electron chi connectivity index (χ2n) is 6.67. The number of nitrogens with one attached hydrogen (secondary N) is 2. The molecule has 0 radical (unpaired) electrons. The summed E-state index contributed by atoms with van der Waals surface area (Å²) >= 11 is 0. The number of fused-ring (bicyclic) bond motifs is 1. The van der Waals surface area contributed by atoms with E-state index >= 15 is 0 Å². The Labute approximate surface area is 174 Å². The van der Waals surface area contributed by atoms with Crippen molar-refractivity contribution >= 4 is 24.1 Å². The van der Waals surface area contributed by atoms with Gasteiger partial charge in [-0.3, -0.25) is 9.48 Å². The third-order valence-electron chi connectivity index (χ3n) is 4.81. The van der Waals surface area contributed by atoms with Crippen molar-refractivity contribution in [3.8, 4) is 11.4 Å². The molecule has 0 bridgehead atoms. The van der Waals surface area contributed by atoms with Crippen LogP contribution in [0.25, 0.3) is 11.4 Å². The molecule has 1 amide bonds. The van der Waals surface area contributed by atoms with Crippen LogP contribution < -0.4 is 16.4 Å². The number of anilines is 1. The number of hydrogen-bond acceptors (Lipinski definition) is 7. The number of primary amides is 1. The number of aryl methyl sites for hydroxylation is 1. The molecule has 0 atom stereocenters. The van der Waals surface area contributed by atoms with E-state index in [2.05, 4.69) is 20.7 Å². The molecule has 0 saturated carbocycles. The molecule has 3 aromatic rings.